The molecule has 0 saturated heterocycles. The van der Waals surface area contributed by atoms with Crippen LogP contribution in [0.2, 0.25) is 0 Å². The van der Waals surface area contributed by atoms with E-state index in [9.17, 15) is 4.79 Å². The molecule has 1 aromatic rings. The summed E-state index contributed by atoms with van der Waals surface area (Å²) in [7, 11) is 0. The lowest BCUT2D eigenvalue weighted by Crippen LogP contribution is -1.97. The molecule has 1 unspecified atom stereocenters. The van der Waals surface area contributed by atoms with Crippen LogP contribution in [0.1, 0.15) is 24.9 Å². The first-order valence-corrected chi connectivity index (χ1v) is 4.23. The van der Waals surface area contributed by atoms with Crippen LogP contribution in [0.3, 0.4) is 0 Å². The number of furan rings is 1. The first kappa shape index (κ1) is 9.04. The van der Waals surface area contributed by atoms with Crippen molar-refractivity contribution in [2.45, 2.75) is 26.7 Å². The van der Waals surface area contributed by atoms with Gasteiger partial charge in [0, 0.05) is 12.3 Å². The van der Waals surface area contributed by atoms with E-state index in [1.165, 1.54) is 0 Å². The van der Waals surface area contributed by atoms with Gasteiger partial charge in [-0.05, 0) is 25.5 Å². The molecular weight excluding hydrogens is 152 g/mol. The fourth-order valence-electron chi connectivity index (χ4n) is 1.06. The van der Waals surface area contributed by atoms with E-state index in [1.54, 1.807) is 0 Å². The van der Waals surface area contributed by atoms with Crippen molar-refractivity contribution >= 4 is 6.29 Å². The summed E-state index contributed by atoms with van der Waals surface area (Å²) in [5.41, 5.74) is 0. The molecule has 0 amide bonds. The predicted octanol–water partition coefficient (Wildman–Crippen LogP) is 2.36. The Bertz CT molecular complexity index is 250. The van der Waals surface area contributed by atoms with Crippen molar-refractivity contribution in [1.29, 1.82) is 0 Å². The SMILES string of the molecule is Cc1ccc(CCC(C)C=O)o1. The van der Waals surface area contributed by atoms with E-state index in [-0.39, 0.29) is 5.92 Å². The first-order chi connectivity index (χ1) is 5.72. The van der Waals surface area contributed by atoms with Crippen LogP contribution in [0.5, 0.6) is 0 Å². The Morgan fingerprint density at radius 2 is 2.33 bits per heavy atom. The highest BCUT2D eigenvalue weighted by molar-refractivity contribution is 5.52. The van der Waals surface area contributed by atoms with E-state index in [4.69, 9.17) is 4.42 Å². The molecule has 0 N–H and O–H groups in total. The fourth-order valence-corrected chi connectivity index (χ4v) is 1.06. The summed E-state index contributed by atoms with van der Waals surface area (Å²) in [5, 5.41) is 0. The van der Waals surface area contributed by atoms with Gasteiger partial charge in [-0.25, -0.2) is 0 Å². The summed E-state index contributed by atoms with van der Waals surface area (Å²) in [6.45, 7) is 3.84. The molecule has 66 valence electrons. The van der Waals surface area contributed by atoms with Crippen LogP contribution < -0.4 is 0 Å². The van der Waals surface area contributed by atoms with Gasteiger partial charge < -0.3 is 9.21 Å². The van der Waals surface area contributed by atoms with Crippen molar-refractivity contribution in [3.63, 3.8) is 0 Å². The summed E-state index contributed by atoms with van der Waals surface area (Å²) in [6, 6.07) is 3.91. The molecule has 0 aliphatic heterocycles. The van der Waals surface area contributed by atoms with Crippen LogP contribution in [0.25, 0.3) is 0 Å². The van der Waals surface area contributed by atoms with Gasteiger partial charge in [-0.15, -0.1) is 0 Å². The molecule has 1 heterocycles. The minimum Gasteiger partial charge on any atom is -0.466 e. The zero-order valence-electron chi connectivity index (χ0n) is 7.54. The summed E-state index contributed by atoms with van der Waals surface area (Å²) in [5.74, 6) is 2.04. The van der Waals surface area contributed by atoms with Crippen molar-refractivity contribution in [2.24, 2.45) is 5.92 Å². The maximum absolute atomic E-state index is 10.3. The van der Waals surface area contributed by atoms with Gasteiger partial charge in [0.2, 0.25) is 0 Å². The first-order valence-electron chi connectivity index (χ1n) is 4.23. The lowest BCUT2D eigenvalue weighted by Gasteiger charge is -1.99. The van der Waals surface area contributed by atoms with E-state index in [0.717, 1.165) is 30.6 Å². The predicted molar refractivity (Wildman–Crippen MR) is 47.0 cm³/mol. The Morgan fingerprint density at radius 3 is 2.83 bits per heavy atom. The van der Waals surface area contributed by atoms with Crippen molar-refractivity contribution in [2.75, 3.05) is 0 Å². The lowest BCUT2D eigenvalue weighted by atomic mass is 10.1. The van der Waals surface area contributed by atoms with E-state index in [1.807, 2.05) is 26.0 Å². The van der Waals surface area contributed by atoms with E-state index >= 15 is 0 Å². The Hall–Kier alpha value is -1.05. The van der Waals surface area contributed by atoms with Gasteiger partial charge in [-0.1, -0.05) is 6.92 Å². The second-order valence-corrected chi connectivity index (χ2v) is 3.16. The summed E-state index contributed by atoms with van der Waals surface area (Å²) >= 11 is 0. The molecule has 1 rings (SSSR count). The highest BCUT2D eigenvalue weighted by Gasteiger charge is 2.02. The molecule has 2 nitrogen and oxygen atoms in total. The number of rotatable bonds is 4. The Labute approximate surface area is 72.6 Å². The Kier molecular flexibility index (Phi) is 3.09. The highest BCUT2D eigenvalue weighted by atomic mass is 16.3. The smallest absolute Gasteiger partial charge is 0.122 e. The lowest BCUT2D eigenvalue weighted by molar-refractivity contribution is -0.110. The summed E-state index contributed by atoms with van der Waals surface area (Å²) in [4.78, 5) is 10.3. The Morgan fingerprint density at radius 1 is 1.58 bits per heavy atom. The molecule has 2 heteroatoms. The molecular formula is C10H14O2. The third-order valence-electron chi connectivity index (χ3n) is 1.87. The largest absolute Gasteiger partial charge is 0.466 e. The number of aldehydes is 1. The van der Waals surface area contributed by atoms with Crippen molar-refractivity contribution < 1.29 is 9.21 Å². The molecule has 0 aromatic carbocycles. The highest BCUT2D eigenvalue weighted by Crippen LogP contribution is 2.11. The Balaban J connectivity index is 2.37. The third kappa shape index (κ3) is 2.53. The van der Waals surface area contributed by atoms with Gasteiger partial charge in [0.15, 0.2) is 0 Å². The van der Waals surface area contributed by atoms with Crippen molar-refractivity contribution in [3.8, 4) is 0 Å². The molecule has 0 bridgehead atoms. The van der Waals surface area contributed by atoms with Crippen LogP contribution in [0, 0.1) is 12.8 Å². The molecule has 1 atom stereocenters. The van der Waals surface area contributed by atoms with Crippen LogP contribution in [-0.4, -0.2) is 6.29 Å². The molecule has 0 fully saturated rings. The minimum absolute atomic E-state index is 0.135. The maximum Gasteiger partial charge on any atom is 0.122 e. The van der Waals surface area contributed by atoms with Gasteiger partial charge >= 0.3 is 0 Å². The van der Waals surface area contributed by atoms with Gasteiger partial charge in [-0.2, -0.15) is 0 Å². The number of hydrogen-bond acceptors (Lipinski definition) is 2. The number of carbonyl (C=O) groups excluding carboxylic acids is 1. The van der Waals surface area contributed by atoms with E-state index < -0.39 is 0 Å². The van der Waals surface area contributed by atoms with Crippen molar-refractivity contribution in [1.82, 2.24) is 0 Å². The minimum atomic E-state index is 0.135. The quantitative estimate of drug-likeness (QED) is 0.643. The van der Waals surface area contributed by atoms with Gasteiger partial charge in [0.05, 0.1) is 0 Å². The zero-order valence-corrected chi connectivity index (χ0v) is 7.54. The normalized spacial score (nSPS) is 12.8. The number of hydrogen-bond donors (Lipinski definition) is 0. The monoisotopic (exact) mass is 166 g/mol. The summed E-state index contributed by atoms with van der Waals surface area (Å²) in [6.07, 6.45) is 2.71. The number of aryl methyl sites for hydroxylation is 2. The van der Waals surface area contributed by atoms with Crippen LogP contribution in [0.4, 0.5) is 0 Å². The molecule has 1 aromatic heterocycles. The van der Waals surface area contributed by atoms with Gasteiger partial charge in [-0.3, -0.25) is 0 Å². The van der Waals surface area contributed by atoms with Crippen molar-refractivity contribution in [3.05, 3.63) is 23.7 Å². The van der Waals surface area contributed by atoms with Crippen LogP contribution >= 0.6 is 0 Å². The van der Waals surface area contributed by atoms with E-state index in [0.29, 0.717) is 0 Å². The maximum atomic E-state index is 10.3. The second kappa shape index (κ2) is 4.10. The van der Waals surface area contributed by atoms with Crippen LogP contribution in [0.15, 0.2) is 16.5 Å². The van der Waals surface area contributed by atoms with Gasteiger partial charge in [0.25, 0.3) is 0 Å². The average Bonchev–Trinajstić information content (AvgIpc) is 2.47. The summed E-state index contributed by atoms with van der Waals surface area (Å²) < 4.78 is 5.36. The fraction of sp³-hybridized carbons (Fsp3) is 0.500. The van der Waals surface area contributed by atoms with E-state index in [2.05, 4.69) is 0 Å². The molecule has 0 saturated carbocycles. The topological polar surface area (TPSA) is 30.2 Å². The molecule has 0 spiro atoms. The third-order valence-corrected chi connectivity index (χ3v) is 1.87. The second-order valence-electron chi connectivity index (χ2n) is 3.16. The zero-order chi connectivity index (χ0) is 8.97. The van der Waals surface area contributed by atoms with Gasteiger partial charge in [0.1, 0.15) is 17.8 Å². The molecule has 0 aliphatic carbocycles. The standard InChI is InChI=1S/C10H14O2/c1-8(7-11)3-5-10-6-4-9(2)12-10/h4,6-8H,3,5H2,1-2H3. The molecule has 0 radical (unpaired) electrons. The number of carbonyl (C=O) groups is 1. The van der Waals surface area contributed by atoms with Crippen LogP contribution in [-0.2, 0) is 11.2 Å². The molecule has 0 aliphatic rings. The average molecular weight is 166 g/mol. The molecule has 12 heavy (non-hydrogen) atoms.